The van der Waals surface area contributed by atoms with E-state index < -0.39 is 13.3 Å². The zero-order valence-electron chi connectivity index (χ0n) is 7.19. The molecule has 0 bridgehead atoms. The molecule has 1 aliphatic rings. The van der Waals surface area contributed by atoms with Crippen LogP contribution in [-0.4, -0.2) is 12.6 Å². The van der Waals surface area contributed by atoms with Gasteiger partial charge in [0.1, 0.15) is 0 Å². The highest BCUT2D eigenvalue weighted by atomic mass is 31.2. The van der Waals surface area contributed by atoms with Gasteiger partial charge in [-0.05, 0) is 11.6 Å². The van der Waals surface area contributed by atoms with Crippen molar-refractivity contribution in [2.24, 2.45) is 0 Å². The van der Waals surface area contributed by atoms with E-state index in [2.05, 4.69) is 0 Å². The van der Waals surface area contributed by atoms with Gasteiger partial charge in [-0.1, -0.05) is 18.2 Å². The van der Waals surface area contributed by atoms with Crippen molar-refractivity contribution in [2.45, 2.75) is 6.16 Å². The van der Waals surface area contributed by atoms with Crippen LogP contribution in [-0.2, 0) is 15.3 Å². The molecule has 0 aliphatic carbocycles. The zero-order valence-corrected chi connectivity index (χ0v) is 8.08. The molecule has 0 fully saturated rings. The molecule has 0 spiro atoms. The van der Waals surface area contributed by atoms with Crippen LogP contribution < -0.4 is 0 Å². The molecule has 1 aromatic rings. The third-order valence-corrected chi connectivity index (χ3v) is 3.44. The van der Waals surface area contributed by atoms with Gasteiger partial charge in [-0.3, -0.25) is 4.57 Å². The van der Waals surface area contributed by atoms with Gasteiger partial charge in [-0.15, -0.1) is 0 Å². The second-order valence-corrected chi connectivity index (χ2v) is 5.74. The lowest BCUT2D eigenvalue weighted by Crippen LogP contribution is -2.13. The molecule has 1 aromatic carbocycles. The standard InChI is InChI=1S/C9H9O3P/c1-13(11)6-7-4-2-3-5-8(7)9(10)12-13/h2-5H,6H2,1H3. The van der Waals surface area contributed by atoms with Gasteiger partial charge in [0.15, 0.2) is 0 Å². The minimum absolute atomic E-state index is 0.356. The highest BCUT2D eigenvalue weighted by molar-refractivity contribution is 7.58. The number of rotatable bonds is 0. The summed E-state index contributed by atoms with van der Waals surface area (Å²) in [5.41, 5.74) is 1.36. The van der Waals surface area contributed by atoms with Crippen molar-refractivity contribution in [3.05, 3.63) is 35.4 Å². The van der Waals surface area contributed by atoms with Gasteiger partial charge >= 0.3 is 5.97 Å². The van der Waals surface area contributed by atoms with Crippen molar-refractivity contribution < 1.29 is 13.9 Å². The van der Waals surface area contributed by atoms with Crippen molar-refractivity contribution in [2.75, 3.05) is 6.66 Å². The second-order valence-electron chi connectivity index (χ2n) is 3.21. The molecule has 3 nitrogen and oxygen atoms in total. The molecule has 1 atom stereocenters. The Morgan fingerprint density at radius 1 is 1.38 bits per heavy atom. The van der Waals surface area contributed by atoms with Gasteiger partial charge in [0.05, 0.1) is 11.7 Å². The third kappa shape index (κ3) is 1.52. The predicted octanol–water partition coefficient (Wildman–Crippen LogP) is 2.26. The molecular formula is C9H9O3P. The molecule has 1 heterocycles. The van der Waals surface area contributed by atoms with E-state index in [1.165, 1.54) is 6.66 Å². The number of carbonyl (C=O) groups excluding carboxylic acids is 1. The Morgan fingerprint density at radius 2 is 2.08 bits per heavy atom. The molecule has 0 radical (unpaired) electrons. The summed E-state index contributed by atoms with van der Waals surface area (Å²) in [6.07, 6.45) is 0.356. The normalized spacial score (nSPS) is 26.4. The Hall–Kier alpha value is -1.08. The van der Waals surface area contributed by atoms with Crippen LogP contribution in [0.5, 0.6) is 0 Å². The molecule has 0 saturated heterocycles. The highest BCUT2D eigenvalue weighted by Crippen LogP contribution is 2.50. The third-order valence-electron chi connectivity index (χ3n) is 1.97. The van der Waals surface area contributed by atoms with Crippen LogP contribution in [0.3, 0.4) is 0 Å². The molecule has 2 rings (SSSR count). The van der Waals surface area contributed by atoms with E-state index in [1.54, 1.807) is 12.1 Å². The predicted molar refractivity (Wildman–Crippen MR) is 49.1 cm³/mol. The van der Waals surface area contributed by atoms with Crippen LogP contribution in [0.25, 0.3) is 0 Å². The van der Waals surface area contributed by atoms with Crippen LogP contribution in [0.2, 0.25) is 0 Å². The maximum atomic E-state index is 11.6. The van der Waals surface area contributed by atoms with Gasteiger partial charge in [0.25, 0.3) is 7.37 Å². The van der Waals surface area contributed by atoms with E-state index >= 15 is 0 Å². The number of fused-ring (bicyclic) bond motifs is 1. The Balaban J connectivity index is 2.55. The summed E-state index contributed by atoms with van der Waals surface area (Å²) in [5, 5.41) is 0. The monoisotopic (exact) mass is 196 g/mol. The molecule has 68 valence electrons. The molecule has 0 N–H and O–H groups in total. The lowest BCUT2D eigenvalue weighted by Gasteiger charge is -2.21. The summed E-state index contributed by atoms with van der Waals surface area (Å²) in [6, 6.07) is 7.10. The zero-order chi connectivity index (χ0) is 9.47. The van der Waals surface area contributed by atoms with Crippen molar-refractivity contribution in [3.8, 4) is 0 Å². The van der Waals surface area contributed by atoms with Gasteiger partial charge in [0.2, 0.25) is 0 Å². The van der Waals surface area contributed by atoms with E-state index in [1.807, 2.05) is 12.1 Å². The fraction of sp³-hybridized carbons (Fsp3) is 0.222. The van der Waals surface area contributed by atoms with Crippen molar-refractivity contribution in [3.63, 3.8) is 0 Å². The van der Waals surface area contributed by atoms with Crippen LogP contribution in [0, 0.1) is 0 Å². The Morgan fingerprint density at radius 3 is 2.85 bits per heavy atom. The van der Waals surface area contributed by atoms with Crippen LogP contribution >= 0.6 is 7.37 Å². The Bertz CT molecular complexity index is 411. The lowest BCUT2D eigenvalue weighted by molar-refractivity contribution is 0.0733. The van der Waals surface area contributed by atoms with Gasteiger partial charge < -0.3 is 4.52 Å². The largest absolute Gasteiger partial charge is 0.408 e. The van der Waals surface area contributed by atoms with Gasteiger partial charge in [0, 0.05) is 6.66 Å². The van der Waals surface area contributed by atoms with Crippen molar-refractivity contribution in [1.29, 1.82) is 0 Å². The smallest absolute Gasteiger partial charge is 0.343 e. The van der Waals surface area contributed by atoms with E-state index in [9.17, 15) is 9.36 Å². The van der Waals surface area contributed by atoms with Gasteiger partial charge in [-0.25, -0.2) is 4.79 Å². The van der Waals surface area contributed by atoms with E-state index in [4.69, 9.17) is 4.52 Å². The summed E-state index contributed by atoms with van der Waals surface area (Å²) >= 11 is 0. The fourth-order valence-corrected chi connectivity index (χ4v) is 2.83. The quantitative estimate of drug-likeness (QED) is 0.598. The van der Waals surface area contributed by atoms with Gasteiger partial charge in [-0.2, -0.15) is 0 Å². The summed E-state index contributed by atoms with van der Waals surface area (Å²) in [7, 11) is -2.72. The SMILES string of the molecule is CP1(=O)Cc2ccccc2C(=O)O1. The Kier molecular flexibility index (Phi) is 1.77. The van der Waals surface area contributed by atoms with Crippen LogP contribution in [0.4, 0.5) is 0 Å². The lowest BCUT2D eigenvalue weighted by atomic mass is 10.1. The summed E-state index contributed by atoms with van der Waals surface area (Å²) in [6.45, 7) is 1.49. The Labute approximate surface area is 76.2 Å². The van der Waals surface area contributed by atoms with Crippen LogP contribution in [0.1, 0.15) is 15.9 Å². The summed E-state index contributed by atoms with van der Waals surface area (Å²) in [4.78, 5) is 11.3. The number of benzene rings is 1. The second kappa shape index (κ2) is 2.71. The highest BCUT2D eigenvalue weighted by Gasteiger charge is 2.30. The summed E-state index contributed by atoms with van der Waals surface area (Å²) in [5.74, 6) is -0.465. The summed E-state index contributed by atoms with van der Waals surface area (Å²) < 4.78 is 16.4. The number of carbonyl (C=O) groups is 1. The van der Waals surface area contributed by atoms with E-state index in [0.717, 1.165) is 5.56 Å². The molecule has 4 heteroatoms. The molecule has 1 unspecified atom stereocenters. The first-order valence-electron chi connectivity index (χ1n) is 3.97. The first kappa shape index (κ1) is 8.52. The molecule has 0 amide bonds. The maximum absolute atomic E-state index is 11.6. The van der Waals surface area contributed by atoms with E-state index in [0.29, 0.717) is 11.7 Å². The first-order valence-corrected chi connectivity index (χ1v) is 6.22. The number of hydrogen-bond acceptors (Lipinski definition) is 3. The fourth-order valence-electron chi connectivity index (χ4n) is 1.42. The van der Waals surface area contributed by atoms with Crippen LogP contribution in [0.15, 0.2) is 24.3 Å². The molecular weight excluding hydrogens is 187 g/mol. The number of hydrogen-bond donors (Lipinski definition) is 0. The van der Waals surface area contributed by atoms with Crippen molar-refractivity contribution >= 4 is 13.3 Å². The molecule has 0 saturated carbocycles. The minimum atomic E-state index is -2.72. The topological polar surface area (TPSA) is 43.4 Å². The molecule has 1 aliphatic heterocycles. The average Bonchev–Trinajstić information content (AvgIpc) is 2.02. The van der Waals surface area contributed by atoms with Crippen molar-refractivity contribution in [1.82, 2.24) is 0 Å². The molecule has 0 aromatic heterocycles. The minimum Gasteiger partial charge on any atom is -0.408 e. The maximum Gasteiger partial charge on any atom is 0.343 e. The first-order chi connectivity index (χ1) is 6.08. The molecule has 13 heavy (non-hydrogen) atoms. The van der Waals surface area contributed by atoms with E-state index in [-0.39, 0.29) is 0 Å². The average molecular weight is 196 g/mol.